The number of amides is 1. The molecule has 0 saturated carbocycles. The fourth-order valence-electron chi connectivity index (χ4n) is 0.750. The van der Waals surface area contributed by atoms with Crippen LogP contribution in [0.2, 0.25) is 0 Å². The molecule has 70 valence electrons. The molecule has 0 unspecified atom stereocenters. The summed E-state index contributed by atoms with van der Waals surface area (Å²) in [6.07, 6.45) is 2.27. The minimum Gasteiger partial charge on any atom is -0.396 e. The van der Waals surface area contributed by atoms with E-state index in [2.05, 4.69) is 5.32 Å². The van der Waals surface area contributed by atoms with Gasteiger partial charge in [-0.15, -0.1) is 0 Å². The molecule has 1 amide bonds. The van der Waals surface area contributed by atoms with Gasteiger partial charge in [-0.1, -0.05) is 6.08 Å². The van der Waals surface area contributed by atoms with Crippen LogP contribution in [0.4, 0.5) is 0 Å². The molecule has 0 aromatic rings. The number of rotatable bonds is 4. The Morgan fingerprint density at radius 2 is 2.17 bits per heavy atom. The van der Waals surface area contributed by atoms with Crippen molar-refractivity contribution < 1.29 is 9.90 Å². The molecule has 0 aliphatic carbocycles. The molecule has 0 aromatic carbocycles. The summed E-state index contributed by atoms with van der Waals surface area (Å²) in [5.41, 5.74) is 0.665. The minimum atomic E-state index is -0.0570. The van der Waals surface area contributed by atoms with Crippen LogP contribution in [0.15, 0.2) is 11.6 Å². The van der Waals surface area contributed by atoms with Crippen LogP contribution in [0, 0.1) is 0 Å². The number of carbonyl (C=O) groups is 1. The molecule has 0 rings (SSSR count). The van der Waals surface area contributed by atoms with Gasteiger partial charge in [-0.25, -0.2) is 0 Å². The first-order valence-electron chi connectivity index (χ1n) is 4.16. The molecular formula is C9H17NO2. The summed E-state index contributed by atoms with van der Waals surface area (Å²) >= 11 is 0. The highest BCUT2D eigenvalue weighted by molar-refractivity contribution is 5.92. The molecule has 3 nitrogen and oxygen atoms in total. The van der Waals surface area contributed by atoms with Crippen LogP contribution in [-0.2, 0) is 4.79 Å². The quantitative estimate of drug-likeness (QED) is 0.616. The molecular weight excluding hydrogens is 154 g/mol. The Morgan fingerprint density at radius 1 is 1.58 bits per heavy atom. The first-order valence-corrected chi connectivity index (χ1v) is 4.16. The highest BCUT2D eigenvalue weighted by Crippen LogP contribution is 1.95. The Hall–Kier alpha value is -0.830. The van der Waals surface area contributed by atoms with Crippen molar-refractivity contribution in [3.05, 3.63) is 11.6 Å². The molecule has 3 heteroatoms. The third kappa shape index (κ3) is 4.91. The third-order valence-corrected chi connectivity index (χ3v) is 1.36. The number of carbonyl (C=O) groups excluding carboxylic acids is 1. The molecule has 12 heavy (non-hydrogen) atoms. The van der Waals surface area contributed by atoms with Gasteiger partial charge in [0.2, 0.25) is 5.91 Å². The summed E-state index contributed by atoms with van der Waals surface area (Å²) in [5.74, 6) is -0.0570. The third-order valence-electron chi connectivity index (χ3n) is 1.36. The average Bonchev–Trinajstić information content (AvgIpc) is 1.98. The molecule has 0 spiro atoms. The van der Waals surface area contributed by atoms with E-state index in [0.717, 1.165) is 0 Å². The second kappa shape index (κ2) is 5.77. The lowest BCUT2D eigenvalue weighted by molar-refractivity contribution is -0.117. The van der Waals surface area contributed by atoms with Gasteiger partial charge in [0.25, 0.3) is 0 Å². The highest BCUT2D eigenvalue weighted by atomic mass is 16.2. The van der Waals surface area contributed by atoms with E-state index in [1.54, 1.807) is 13.0 Å². The molecule has 0 aromatic heterocycles. The van der Waals surface area contributed by atoms with Crippen molar-refractivity contribution in [3.8, 4) is 0 Å². The highest BCUT2D eigenvalue weighted by Gasteiger charge is 2.03. The van der Waals surface area contributed by atoms with E-state index in [1.165, 1.54) is 0 Å². The van der Waals surface area contributed by atoms with Gasteiger partial charge in [-0.05, 0) is 27.2 Å². The minimum absolute atomic E-state index is 0.0570. The SMILES string of the molecule is CC(=CCCO)C(=O)NC(C)C. The topological polar surface area (TPSA) is 49.3 Å². The fraction of sp³-hybridized carbons (Fsp3) is 0.667. The van der Waals surface area contributed by atoms with E-state index < -0.39 is 0 Å². The van der Waals surface area contributed by atoms with E-state index in [0.29, 0.717) is 12.0 Å². The van der Waals surface area contributed by atoms with E-state index >= 15 is 0 Å². The van der Waals surface area contributed by atoms with Crippen LogP contribution in [-0.4, -0.2) is 23.7 Å². The summed E-state index contributed by atoms with van der Waals surface area (Å²) in [4.78, 5) is 11.2. The number of hydrogen-bond donors (Lipinski definition) is 2. The smallest absolute Gasteiger partial charge is 0.246 e. The van der Waals surface area contributed by atoms with Crippen LogP contribution >= 0.6 is 0 Å². The fourth-order valence-corrected chi connectivity index (χ4v) is 0.750. The van der Waals surface area contributed by atoms with Gasteiger partial charge in [0.05, 0.1) is 0 Å². The van der Waals surface area contributed by atoms with Crippen molar-refractivity contribution in [2.45, 2.75) is 33.2 Å². The molecule has 0 atom stereocenters. The van der Waals surface area contributed by atoms with Crippen molar-refractivity contribution in [2.75, 3.05) is 6.61 Å². The lowest BCUT2D eigenvalue weighted by Gasteiger charge is -2.07. The van der Waals surface area contributed by atoms with Crippen molar-refractivity contribution in [3.63, 3.8) is 0 Å². The van der Waals surface area contributed by atoms with Crippen molar-refractivity contribution >= 4 is 5.91 Å². The summed E-state index contributed by atoms with van der Waals surface area (Å²) in [6.45, 7) is 5.66. The van der Waals surface area contributed by atoms with Gasteiger partial charge in [-0.3, -0.25) is 4.79 Å². The van der Waals surface area contributed by atoms with E-state index in [1.807, 2.05) is 13.8 Å². The van der Waals surface area contributed by atoms with Gasteiger partial charge in [0, 0.05) is 18.2 Å². The Balaban J connectivity index is 3.92. The Kier molecular flexibility index (Phi) is 5.37. The standard InChI is InChI=1S/C9H17NO2/c1-7(2)10-9(12)8(3)5-4-6-11/h5,7,11H,4,6H2,1-3H3,(H,10,12). The predicted octanol–water partition coefficient (Wildman–Crippen LogP) is 0.840. The van der Waals surface area contributed by atoms with Crippen LogP contribution in [0.1, 0.15) is 27.2 Å². The number of nitrogens with one attached hydrogen (secondary N) is 1. The zero-order valence-electron chi connectivity index (χ0n) is 7.92. The average molecular weight is 171 g/mol. The molecule has 2 N–H and O–H groups in total. The van der Waals surface area contributed by atoms with Gasteiger partial charge in [0.1, 0.15) is 0 Å². The Labute approximate surface area is 73.5 Å². The lowest BCUT2D eigenvalue weighted by Crippen LogP contribution is -2.30. The number of aliphatic hydroxyl groups is 1. The van der Waals surface area contributed by atoms with Crippen molar-refractivity contribution in [1.82, 2.24) is 5.32 Å². The summed E-state index contributed by atoms with van der Waals surface area (Å²) in [6, 6.07) is 0.162. The summed E-state index contributed by atoms with van der Waals surface area (Å²) in [7, 11) is 0. The van der Waals surface area contributed by atoms with Gasteiger partial charge in [0.15, 0.2) is 0 Å². The van der Waals surface area contributed by atoms with E-state index in [4.69, 9.17) is 5.11 Å². The first-order chi connectivity index (χ1) is 5.57. The van der Waals surface area contributed by atoms with Gasteiger partial charge in [-0.2, -0.15) is 0 Å². The first kappa shape index (κ1) is 11.2. The second-order valence-electron chi connectivity index (χ2n) is 3.03. The van der Waals surface area contributed by atoms with Gasteiger partial charge < -0.3 is 10.4 Å². The van der Waals surface area contributed by atoms with Crippen LogP contribution in [0.3, 0.4) is 0 Å². The lowest BCUT2D eigenvalue weighted by atomic mass is 10.2. The molecule has 0 saturated heterocycles. The second-order valence-corrected chi connectivity index (χ2v) is 3.03. The summed E-state index contributed by atoms with van der Waals surface area (Å²) < 4.78 is 0. The van der Waals surface area contributed by atoms with Crippen LogP contribution in [0.25, 0.3) is 0 Å². The normalized spacial score (nSPS) is 11.9. The Morgan fingerprint density at radius 3 is 2.58 bits per heavy atom. The molecule has 0 aliphatic heterocycles. The van der Waals surface area contributed by atoms with E-state index in [9.17, 15) is 4.79 Å². The maximum atomic E-state index is 11.2. The van der Waals surface area contributed by atoms with Gasteiger partial charge >= 0.3 is 0 Å². The van der Waals surface area contributed by atoms with Crippen molar-refractivity contribution in [1.29, 1.82) is 0 Å². The number of hydrogen-bond acceptors (Lipinski definition) is 2. The number of aliphatic hydroxyl groups excluding tert-OH is 1. The molecule has 0 radical (unpaired) electrons. The molecule has 0 heterocycles. The maximum absolute atomic E-state index is 11.2. The molecule has 0 fully saturated rings. The Bertz CT molecular complexity index is 173. The monoisotopic (exact) mass is 171 g/mol. The predicted molar refractivity (Wildman–Crippen MR) is 48.7 cm³/mol. The molecule has 0 aliphatic rings. The van der Waals surface area contributed by atoms with Crippen LogP contribution in [0.5, 0.6) is 0 Å². The zero-order valence-corrected chi connectivity index (χ0v) is 7.92. The summed E-state index contributed by atoms with van der Waals surface area (Å²) in [5, 5.41) is 11.3. The van der Waals surface area contributed by atoms with Crippen molar-refractivity contribution in [2.24, 2.45) is 0 Å². The zero-order chi connectivity index (χ0) is 9.56. The van der Waals surface area contributed by atoms with Crippen LogP contribution < -0.4 is 5.32 Å². The molecule has 0 bridgehead atoms. The van der Waals surface area contributed by atoms with E-state index in [-0.39, 0.29) is 18.6 Å². The largest absolute Gasteiger partial charge is 0.396 e. The maximum Gasteiger partial charge on any atom is 0.246 e.